The fourth-order valence-corrected chi connectivity index (χ4v) is 7.97. The molecule has 1 aliphatic heterocycles. The molecule has 7 aromatic carbocycles. The predicted octanol–water partition coefficient (Wildman–Crippen LogP) is 10.5. The van der Waals surface area contributed by atoms with Crippen LogP contribution in [0.3, 0.4) is 0 Å². The molecule has 0 saturated heterocycles. The lowest BCUT2D eigenvalue weighted by molar-refractivity contribution is -0.131. The highest BCUT2D eigenvalue weighted by atomic mass is 16.5. The van der Waals surface area contributed by atoms with Gasteiger partial charge in [-0.15, -0.1) is 0 Å². The minimum atomic E-state index is -0.0140. The minimum Gasteiger partial charge on any atom is -0.372 e. The standard InChI is InChI=1S/C48H42N2O3/c1-33(51)49(27-35-15-5-3-6-16-35)29-43-44(30-50(34(2)52)28-36-17-7-4-8-18-36)48(42-26-14-22-38-20-10-12-24-40(38)42)46-32-53-31-45(46)47(43)41-25-13-21-37-19-9-11-23-39(37)41/h3-26H,27-32H2,1-2H3. The van der Waals surface area contributed by atoms with Crippen LogP contribution in [0, 0.1) is 0 Å². The van der Waals surface area contributed by atoms with Gasteiger partial charge in [-0.3, -0.25) is 9.59 Å². The number of fused-ring (bicyclic) bond motifs is 3. The summed E-state index contributed by atoms with van der Waals surface area (Å²) in [5.74, 6) is -0.0281. The molecule has 0 unspecified atom stereocenters. The molecule has 5 heteroatoms. The highest BCUT2D eigenvalue weighted by Gasteiger charge is 2.32. The summed E-state index contributed by atoms with van der Waals surface area (Å²) in [6.45, 7) is 5.86. The number of hydrogen-bond donors (Lipinski definition) is 0. The van der Waals surface area contributed by atoms with Crippen molar-refractivity contribution in [2.24, 2.45) is 0 Å². The van der Waals surface area contributed by atoms with E-state index in [4.69, 9.17) is 4.74 Å². The zero-order chi connectivity index (χ0) is 36.3. The maximum absolute atomic E-state index is 13.7. The number of hydrogen-bond acceptors (Lipinski definition) is 3. The molecule has 0 spiro atoms. The van der Waals surface area contributed by atoms with E-state index >= 15 is 0 Å². The lowest BCUT2D eigenvalue weighted by atomic mass is 9.80. The SMILES string of the molecule is CC(=O)N(Cc1ccccc1)Cc1c(CN(Cc2ccccc2)C(C)=O)c(-c2cccc3ccccc23)c2c(c1-c1cccc3ccccc13)COC2. The second-order valence-electron chi connectivity index (χ2n) is 13.9. The van der Waals surface area contributed by atoms with Gasteiger partial charge in [0.25, 0.3) is 0 Å². The molecule has 0 bridgehead atoms. The van der Waals surface area contributed by atoms with E-state index in [1.54, 1.807) is 13.8 Å². The molecule has 262 valence electrons. The third-order valence-electron chi connectivity index (χ3n) is 10.6. The van der Waals surface area contributed by atoms with Gasteiger partial charge in [-0.2, -0.15) is 0 Å². The molecule has 1 heterocycles. The summed E-state index contributed by atoms with van der Waals surface area (Å²) in [5.41, 5.74) is 10.9. The number of benzene rings is 7. The lowest BCUT2D eigenvalue weighted by Gasteiger charge is -2.31. The Hall–Kier alpha value is -6.04. The summed E-state index contributed by atoms with van der Waals surface area (Å²) in [4.78, 5) is 31.3. The van der Waals surface area contributed by atoms with Crippen LogP contribution < -0.4 is 0 Å². The van der Waals surface area contributed by atoms with E-state index in [1.165, 1.54) is 0 Å². The summed E-state index contributed by atoms with van der Waals surface area (Å²) in [6.07, 6.45) is 0. The highest BCUT2D eigenvalue weighted by molar-refractivity contribution is 6.03. The van der Waals surface area contributed by atoms with Crippen LogP contribution in [0.4, 0.5) is 0 Å². The molecule has 8 rings (SSSR count). The molecule has 0 N–H and O–H groups in total. The number of carbonyl (C=O) groups excluding carboxylic acids is 2. The van der Waals surface area contributed by atoms with Crippen LogP contribution in [0.15, 0.2) is 146 Å². The molecule has 0 saturated carbocycles. The second-order valence-corrected chi connectivity index (χ2v) is 13.9. The normalized spacial score (nSPS) is 12.2. The third-order valence-corrected chi connectivity index (χ3v) is 10.6. The van der Waals surface area contributed by atoms with Crippen molar-refractivity contribution in [1.29, 1.82) is 0 Å². The zero-order valence-electron chi connectivity index (χ0n) is 30.2. The van der Waals surface area contributed by atoms with Crippen LogP contribution >= 0.6 is 0 Å². The van der Waals surface area contributed by atoms with E-state index in [0.717, 1.165) is 77.2 Å². The van der Waals surface area contributed by atoms with Gasteiger partial charge in [-0.25, -0.2) is 0 Å². The van der Waals surface area contributed by atoms with Crippen LogP contribution in [-0.2, 0) is 53.7 Å². The Balaban J connectivity index is 1.46. The van der Waals surface area contributed by atoms with Crippen molar-refractivity contribution in [3.8, 4) is 22.3 Å². The van der Waals surface area contributed by atoms with Crippen molar-refractivity contribution in [1.82, 2.24) is 9.80 Å². The third kappa shape index (κ3) is 6.84. The van der Waals surface area contributed by atoms with Gasteiger partial charge in [0, 0.05) is 40.0 Å². The largest absolute Gasteiger partial charge is 0.372 e. The first kappa shape index (κ1) is 34.1. The minimum absolute atomic E-state index is 0.0140. The second kappa shape index (κ2) is 14.9. The monoisotopic (exact) mass is 694 g/mol. The Morgan fingerprint density at radius 2 is 0.849 bits per heavy atom. The van der Waals surface area contributed by atoms with Crippen molar-refractivity contribution < 1.29 is 14.3 Å². The van der Waals surface area contributed by atoms with Gasteiger partial charge in [0.2, 0.25) is 11.8 Å². The number of amides is 2. The van der Waals surface area contributed by atoms with Crippen molar-refractivity contribution in [2.75, 3.05) is 0 Å². The van der Waals surface area contributed by atoms with Gasteiger partial charge in [-0.05, 0) is 77.2 Å². The number of carbonyl (C=O) groups is 2. The molecule has 0 radical (unpaired) electrons. The Morgan fingerprint density at radius 3 is 1.26 bits per heavy atom. The van der Waals surface area contributed by atoms with E-state index in [0.29, 0.717) is 39.4 Å². The average Bonchev–Trinajstić information content (AvgIpc) is 3.67. The molecule has 0 fully saturated rings. The summed E-state index contributed by atoms with van der Waals surface area (Å²) in [5, 5.41) is 4.56. The van der Waals surface area contributed by atoms with Gasteiger partial charge in [-0.1, -0.05) is 146 Å². The average molecular weight is 695 g/mol. The van der Waals surface area contributed by atoms with Crippen LogP contribution in [0.5, 0.6) is 0 Å². The fraction of sp³-hybridized carbons (Fsp3) is 0.167. The van der Waals surface area contributed by atoms with E-state index < -0.39 is 0 Å². The van der Waals surface area contributed by atoms with Gasteiger partial charge in [0.15, 0.2) is 0 Å². The van der Waals surface area contributed by atoms with Gasteiger partial charge in [0.1, 0.15) is 0 Å². The van der Waals surface area contributed by atoms with Crippen molar-refractivity contribution in [2.45, 2.75) is 53.2 Å². The Bertz CT molecular complexity index is 2270. The molecule has 0 aliphatic carbocycles. The molecule has 1 aliphatic rings. The molecule has 7 aromatic rings. The van der Waals surface area contributed by atoms with E-state index in [2.05, 4.69) is 109 Å². The first-order chi connectivity index (χ1) is 26.0. The van der Waals surface area contributed by atoms with Crippen molar-refractivity contribution in [3.63, 3.8) is 0 Å². The molecule has 0 atom stereocenters. The summed E-state index contributed by atoms with van der Waals surface area (Å²) >= 11 is 0. The Labute approximate surface area is 311 Å². The fourth-order valence-electron chi connectivity index (χ4n) is 7.97. The predicted molar refractivity (Wildman–Crippen MR) is 214 cm³/mol. The maximum Gasteiger partial charge on any atom is 0.220 e. The van der Waals surface area contributed by atoms with E-state index in [9.17, 15) is 9.59 Å². The number of ether oxygens (including phenoxy) is 1. The molecule has 2 amide bonds. The molecular formula is C48H42N2O3. The Kier molecular flexibility index (Phi) is 9.58. The van der Waals surface area contributed by atoms with Crippen LogP contribution in [-0.4, -0.2) is 21.6 Å². The number of nitrogens with zero attached hydrogens (tertiary/aromatic N) is 2. The molecule has 53 heavy (non-hydrogen) atoms. The first-order valence-electron chi connectivity index (χ1n) is 18.3. The van der Waals surface area contributed by atoms with E-state index in [-0.39, 0.29) is 11.8 Å². The first-order valence-corrected chi connectivity index (χ1v) is 18.3. The molecule has 0 aromatic heterocycles. The van der Waals surface area contributed by atoms with Crippen LogP contribution in [0.25, 0.3) is 43.8 Å². The van der Waals surface area contributed by atoms with Gasteiger partial charge >= 0.3 is 0 Å². The number of rotatable bonds is 10. The van der Waals surface area contributed by atoms with Crippen molar-refractivity contribution in [3.05, 3.63) is 179 Å². The van der Waals surface area contributed by atoms with Gasteiger partial charge in [0.05, 0.1) is 13.2 Å². The van der Waals surface area contributed by atoms with Crippen LogP contribution in [0.1, 0.15) is 47.2 Å². The summed E-state index contributed by atoms with van der Waals surface area (Å²) in [7, 11) is 0. The summed E-state index contributed by atoms with van der Waals surface area (Å²) in [6, 6.07) is 50.2. The van der Waals surface area contributed by atoms with E-state index in [1.807, 2.05) is 46.2 Å². The summed E-state index contributed by atoms with van der Waals surface area (Å²) < 4.78 is 6.41. The van der Waals surface area contributed by atoms with Crippen LogP contribution in [0.2, 0.25) is 0 Å². The van der Waals surface area contributed by atoms with Crippen molar-refractivity contribution >= 4 is 33.4 Å². The lowest BCUT2D eigenvalue weighted by Crippen LogP contribution is -2.31. The van der Waals surface area contributed by atoms with Gasteiger partial charge < -0.3 is 14.5 Å². The Morgan fingerprint density at radius 1 is 0.472 bits per heavy atom. The smallest absolute Gasteiger partial charge is 0.220 e. The highest BCUT2D eigenvalue weighted by Crippen LogP contribution is 2.47. The molecular weight excluding hydrogens is 653 g/mol. The maximum atomic E-state index is 13.7. The molecule has 5 nitrogen and oxygen atoms in total. The zero-order valence-corrected chi connectivity index (χ0v) is 30.2. The topological polar surface area (TPSA) is 49.9 Å². The quantitative estimate of drug-likeness (QED) is 0.143.